The Bertz CT molecular complexity index is 434. The molecule has 3 nitrogen and oxygen atoms in total. The van der Waals surface area contributed by atoms with Gasteiger partial charge >= 0.3 is 0 Å². The molecule has 0 aliphatic carbocycles. The molecule has 0 spiro atoms. The summed E-state index contributed by atoms with van der Waals surface area (Å²) in [6, 6.07) is 4.14. The monoisotopic (exact) mass is 190 g/mol. The molecule has 0 radical (unpaired) electrons. The highest BCUT2D eigenvalue weighted by atomic mass is 16.5. The third kappa shape index (κ3) is 1.51. The molecule has 0 saturated heterocycles. The SMILES string of the molecule is COCCn1ccc2ccnc(C)c21. The van der Waals surface area contributed by atoms with Crippen molar-refractivity contribution in [2.24, 2.45) is 0 Å². The second-order valence-electron chi connectivity index (χ2n) is 3.34. The van der Waals surface area contributed by atoms with Gasteiger partial charge in [-0.1, -0.05) is 0 Å². The van der Waals surface area contributed by atoms with Gasteiger partial charge in [-0.15, -0.1) is 0 Å². The number of pyridine rings is 1. The fraction of sp³-hybridized carbons (Fsp3) is 0.364. The quantitative estimate of drug-likeness (QED) is 0.740. The first-order chi connectivity index (χ1) is 6.83. The molecule has 2 rings (SSSR count). The number of ether oxygens (including phenoxy) is 1. The lowest BCUT2D eigenvalue weighted by molar-refractivity contribution is 0.188. The van der Waals surface area contributed by atoms with Crippen LogP contribution in [0.4, 0.5) is 0 Å². The molecule has 0 atom stereocenters. The van der Waals surface area contributed by atoms with Gasteiger partial charge in [0.2, 0.25) is 0 Å². The predicted octanol–water partition coefficient (Wildman–Crippen LogP) is 1.99. The van der Waals surface area contributed by atoms with Crippen LogP contribution in [0.3, 0.4) is 0 Å². The predicted molar refractivity (Wildman–Crippen MR) is 56.3 cm³/mol. The number of nitrogens with zero attached hydrogens (tertiary/aromatic N) is 2. The number of aryl methyl sites for hydroxylation is 1. The largest absolute Gasteiger partial charge is 0.383 e. The lowest BCUT2D eigenvalue weighted by atomic mass is 10.2. The Balaban J connectivity index is 2.45. The molecule has 2 aromatic heterocycles. The number of rotatable bonds is 3. The Hall–Kier alpha value is -1.35. The third-order valence-corrected chi connectivity index (χ3v) is 2.40. The lowest BCUT2D eigenvalue weighted by Crippen LogP contribution is -2.03. The van der Waals surface area contributed by atoms with E-state index in [4.69, 9.17) is 4.74 Å². The summed E-state index contributed by atoms with van der Waals surface area (Å²) in [5.41, 5.74) is 2.29. The van der Waals surface area contributed by atoms with Crippen molar-refractivity contribution < 1.29 is 4.74 Å². The van der Waals surface area contributed by atoms with E-state index in [1.807, 2.05) is 19.2 Å². The molecule has 0 aliphatic rings. The Labute approximate surface area is 83.3 Å². The standard InChI is InChI=1S/C11H14N2O/c1-9-11-10(3-5-12-9)4-6-13(11)7-8-14-2/h3-6H,7-8H2,1-2H3. The van der Waals surface area contributed by atoms with E-state index >= 15 is 0 Å². The van der Waals surface area contributed by atoms with E-state index in [1.165, 1.54) is 10.9 Å². The topological polar surface area (TPSA) is 27.1 Å². The first-order valence-electron chi connectivity index (χ1n) is 4.72. The van der Waals surface area contributed by atoms with Crippen LogP contribution >= 0.6 is 0 Å². The van der Waals surface area contributed by atoms with Crippen LogP contribution in [0.1, 0.15) is 5.69 Å². The maximum absolute atomic E-state index is 5.06. The van der Waals surface area contributed by atoms with Crippen molar-refractivity contribution in [3.63, 3.8) is 0 Å². The Kier molecular flexibility index (Phi) is 2.50. The van der Waals surface area contributed by atoms with Crippen molar-refractivity contribution in [1.29, 1.82) is 0 Å². The molecular weight excluding hydrogens is 176 g/mol. The van der Waals surface area contributed by atoms with Gasteiger partial charge in [-0.05, 0) is 19.1 Å². The first kappa shape index (κ1) is 9.21. The van der Waals surface area contributed by atoms with Crippen molar-refractivity contribution >= 4 is 10.9 Å². The zero-order chi connectivity index (χ0) is 9.97. The smallest absolute Gasteiger partial charge is 0.0697 e. The molecule has 2 aromatic rings. The minimum absolute atomic E-state index is 0.734. The summed E-state index contributed by atoms with van der Waals surface area (Å²) in [6.45, 7) is 3.65. The van der Waals surface area contributed by atoms with Crippen LogP contribution in [0.5, 0.6) is 0 Å². The van der Waals surface area contributed by atoms with Gasteiger partial charge in [0.25, 0.3) is 0 Å². The molecule has 0 aliphatic heterocycles. The molecule has 0 saturated carbocycles. The Morgan fingerprint density at radius 3 is 3.07 bits per heavy atom. The van der Waals surface area contributed by atoms with Crippen molar-refractivity contribution in [3.05, 3.63) is 30.2 Å². The zero-order valence-electron chi connectivity index (χ0n) is 8.53. The average Bonchev–Trinajstić information content (AvgIpc) is 2.59. The highest BCUT2D eigenvalue weighted by molar-refractivity contribution is 5.81. The molecule has 3 heteroatoms. The summed E-state index contributed by atoms with van der Waals surface area (Å²) < 4.78 is 7.24. The molecule has 0 unspecified atom stereocenters. The zero-order valence-corrected chi connectivity index (χ0v) is 8.53. The summed E-state index contributed by atoms with van der Waals surface area (Å²) in [7, 11) is 1.72. The minimum Gasteiger partial charge on any atom is -0.383 e. The highest BCUT2D eigenvalue weighted by Gasteiger charge is 2.03. The van der Waals surface area contributed by atoms with Crippen molar-refractivity contribution in [1.82, 2.24) is 9.55 Å². The molecular formula is C11H14N2O. The molecule has 0 N–H and O–H groups in total. The highest BCUT2D eigenvalue weighted by Crippen LogP contribution is 2.17. The van der Waals surface area contributed by atoms with Gasteiger partial charge in [0.1, 0.15) is 0 Å². The van der Waals surface area contributed by atoms with Crippen LogP contribution in [0.15, 0.2) is 24.5 Å². The Morgan fingerprint density at radius 2 is 2.29 bits per heavy atom. The molecule has 14 heavy (non-hydrogen) atoms. The number of methoxy groups -OCH3 is 1. The second kappa shape index (κ2) is 3.80. The summed E-state index contributed by atoms with van der Waals surface area (Å²) >= 11 is 0. The van der Waals surface area contributed by atoms with Crippen LogP contribution in [0.25, 0.3) is 10.9 Å². The van der Waals surface area contributed by atoms with E-state index in [9.17, 15) is 0 Å². The van der Waals surface area contributed by atoms with Crippen LogP contribution in [0, 0.1) is 6.92 Å². The number of hydrogen-bond donors (Lipinski definition) is 0. The maximum atomic E-state index is 5.06. The molecule has 0 aromatic carbocycles. The van der Waals surface area contributed by atoms with E-state index in [1.54, 1.807) is 7.11 Å². The van der Waals surface area contributed by atoms with Crippen molar-refractivity contribution in [3.8, 4) is 0 Å². The van der Waals surface area contributed by atoms with Gasteiger partial charge in [0.15, 0.2) is 0 Å². The fourth-order valence-corrected chi connectivity index (χ4v) is 1.71. The van der Waals surface area contributed by atoms with Crippen molar-refractivity contribution in [2.45, 2.75) is 13.5 Å². The van der Waals surface area contributed by atoms with E-state index in [2.05, 4.69) is 21.8 Å². The summed E-state index contributed by atoms with van der Waals surface area (Å²) in [5, 5.41) is 1.24. The van der Waals surface area contributed by atoms with Gasteiger partial charge in [-0.2, -0.15) is 0 Å². The summed E-state index contributed by atoms with van der Waals surface area (Å²) in [5.74, 6) is 0. The van der Waals surface area contributed by atoms with Gasteiger partial charge in [0, 0.05) is 31.4 Å². The fourth-order valence-electron chi connectivity index (χ4n) is 1.71. The summed E-state index contributed by atoms with van der Waals surface area (Å²) in [6.07, 6.45) is 3.93. The van der Waals surface area contributed by atoms with Crippen LogP contribution < -0.4 is 0 Å². The molecule has 0 fully saturated rings. The normalized spacial score (nSPS) is 11.0. The van der Waals surface area contributed by atoms with Crippen LogP contribution in [-0.4, -0.2) is 23.3 Å². The second-order valence-corrected chi connectivity index (χ2v) is 3.34. The molecule has 0 bridgehead atoms. The van der Waals surface area contributed by atoms with E-state index in [0.717, 1.165) is 18.8 Å². The van der Waals surface area contributed by atoms with E-state index in [-0.39, 0.29) is 0 Å². The van der Waals surface area contributed by atoms with E-state index in [0.29, 0.717) is 0 Å². The van der Waals surface area contributed by atoms with Gasteiger partial charge in [-0.25, -0.2) is 0 Å². The molecule has 2 heterocycles. The first-order valence-corrected chi connectivity index (χ1v) is 4.72. The van der Waals surface area contributed by atoms with Gasteiger partial charge < -0.3 is 9.30 Å². The van der Waals surface area contributed by atoms with Crippen LogP contribution in [-0.2, 0) is 11.3 Å². The number of aromatic nitrogens is 2. The maximum Gasteiger partial charge on any atom is 0.0697 e. The number of hydrogen-bond acceptors (Lipinski definition) is 2. The third-order valence-electron chi connectivity index (χ3n) is 2.40. The Morgan fingerprint density at radius 1 is 1.43 bits per heavy atom. The van der Waals surface area contributed by atoms with Gasteiger partial charge in [-0.3, -0.25) is 4.98 Å². The molecule has 74 valence electrons. The molecule has 0 amide bonds. The summed E-state index contributed by atoms with van der Waals surface area (Å²) in [4.78, 5) is 4.29. The van der Waals surface area contributed by atoms with Crippen molar-refractivity contribution in [2.75, 3.05) is 13.7 Å². The average molecular weight is 190 g/mol. The van der Waals surface area contributed by atoms with Gasteiger partial charge in [0.05, 0.1) is 17.8 Å². The lowest BCUT2D eigenvalue weighted by Gasteiger charge is -2.05. The number of fused-ring (bicyclic) bond motifs is 1. The van der Waals surface area contributed by atoms with Crippen LogP contribution in [0.2, 0.25) is 0 Å². The minimum atomic E-state index is 0.734. The van der Waals surface area contributed by atoms with E-state index < -0.39 is 0 Å².